The molecular weight excluding hydrogens is 274 g/mol. The van der Waals surface area contributed by atoms with E-state index in [2.05, 4.69) is 0 Å². The predicted octanol–water partition coefficient (Wildman–Crippen LogP) is 1.07. The van der Waals surface area contributed by atoms with Gasteiger partial charge in [-0.1, -0.05) is 12.1 Å². The number of rotatable bonds is 4. The second kappa shape index (κ2) is 6.58. The molecule has 1 aromatic carbocycles. The van der Waals surface area contributed by atoms with Gasteiger partial charge < -0.3 is 19.5 Å². The molecule has 6 heteroatoms. The van der Waals surface area contributed by atoms with E-state index >= 15 is 0 Å². The van der Waals surface area contributed by atoms with Crippen LogP contribution in [0.4, 0.5) is 0 Å². The summed E-state index contributed by atoms with van der Waals surface area (Å²) in [6.45, 7) is 4.26. The Labute approximate surface area is 123 Å². The van der Waals surface area contributed by atoms with Crippen molar-refractivity contribution in [1.29, 1.82) is 0 Å². The summed E-state index contributed by atoms with van der Waals surface area (Å²) < 4.78 is 10.7. The molecule has 1 aromatic rings. The maximum absolute atomic E-state index is 12.3. The van der Waals surface area contributed by atoms with Crippen LogP contribution in [0.2, 0.25) is 0 Å². The Hall–Kier alpha value is -2.08. The Bertz CT molecular complexity index is 531. The van der Waals surface area contributed by atoms with E-state index in [0.29, 0.717) is 12.3 Å². The van der Waals surface area contributed by atoms with E-state index < -0.39 is 18.2 Å². The average molecular weight is 293 g/mol. The maximum Gasteiger partial charge on any atom is 0.334 e. The molecule has 2 rings (SSSR count). The van der Waals surface area contributed by atoms with Crippen LogP contribution >= 0.6 is 0 Å². The number of ether oxygens (including phenoxy) is 2. The standard InChI is InChI=1S/C15H19NO5/c1-10-4-3-5-12(8-10)21-11(2)14(17)16-6-7-20-13(9-16)15(18)19/h3-5,8,11,13H,6-7,9H2,1-2H3,(H,18,19). The number of nitrogens with zero attached hydrogens (tertiary/aromatic N) is 1. The van der Waals surface area contributed by atoms with Crippen molar-refractivity contribution in [3.63, 3.8) is 0 Å². The van der Waals surface area contributed by atoms with Gasteiger partial charge in [0.15, 0.2) is 12.2 Å². The molecular formula is C15H19NO5. The molecule has 1 aliphatic rings. The smallest absolute Gasteiger partial charge is 0.334 e. The zero-order chi connectivity index (χ0) is 15.4. The molecule has 2 atom stereocenters. The van der Waals surface area contributed by atoms with Crippen LogP contribution in [-0.2, 0) is 14.3 Å². The van der Waals surface area contributed by atoms with Crippen LogP contribution in [0.5, 0.6) is 5.75 Å². The van der Waals surface area contributed by atoms with E-state index in [9.17, 15) is 9.59 Å². The number of carbonyl (C=O) groups excluding carboxylic acids is 1. The molecule has 1 N–H and O–H groups in total. The highest BCUT2D eigenvalue weighted by Crippen LogP contribution is 2.16. The van der Waals surface area contributed by atoms with Crippen molar-refractivity contribution in [3.8, 4) is 5.75 Å². The summed E-state index contributed by atoms with van der Waals surface area (Å²) in [5, 5.41) is 8.95. The van der Waals surface area contributed by atoms with Crippen LogP contribution in [0, 0.1) is 6.92 Å². The number of morpholine rings is 1. The van der Waals surface area contributed by atoms with E-state index in [0.717, 1.165) is 5.56 Å². The lowest BCUT2D eigenvalue weighted by atomic mass is 10.2. The first kappa shape index (κ1) is 15.3. The van der Waals surface area contributed by atoms with Crippen molar-refractivity contribution in [3.05, 3.63) is 29.8 Å². The minimum Gasteiger partial charge on any atom is -0.481 e. The van der Waals surface area contributed by atoms with Gasteiger partial charge in [-0.05, 0) is 31.5 Å². The number of carboxylic acid groups (broad SMARTS) is 1. The third-order valence-corrected chi connectivity index (χ3v) is 3.30. The number of carboxylic acids is 1. The molecule has 0 spiro atoms. The molecule has 1 heterocycles. The molecule has 21 heavy (non-hydrogen) atoms. The molecule has 114 valence electrons. The van der Waals surface area contributed by atoms with E-state index in [1.165, 1.54) is 4.90 Å². The topological polar surface area (TPSA) is 76.1 Å². The lowest BCUT2D eigenvalue weighted by Gasteiger charge is -2.32. The Balaban J connectivity index is 1.97. The minimum absolute atomic E-state index is 0.0513. The van der Waals surface area contributed by atoms with Gasteiger partial charge in [-0.3, -0.25) is 4.79 Å². The number of carbonyl (C=O) groups is 2. The van der Waals surface area contributed by atoms with Crippen molar-refractivity contribution in [1.82, 2.24) is 4.90 Å². The first-order chi connectivity index (χ1) is 9.97. The Kier molecular flexibility index (Phi) is 4.80. The van der Waals surface area contributed by atoms with Gasteiger partial charge in [0.05, 0.1) is 13.2 Å². The van der Waals surface area contributed by atoms with Gasteiger partial charge >= 0.3 is 5.97 Å². The predicted molar refractivity (Wildman–Crippen MR) is 75.2 cm³/mol. The first-order valence-electron chi connectivity index (χ1n) is 6.84. The van der Waals surface area contributed by atoms with Gasteiger partial charge in [-0.2, -0.15) is 0 Å². The van der Waals surface area contributed by atoms with Crippen LogP contribution in [0.25, 0.3) is 0 Å². The molecule has 0 aliphatic carbocycles. The second-order valence-electron chi connectivity index (χ2n) is 5.06. The summed E-state index contributed by atoms with van der Waals surface area (Å²) in [6.07, 6.45) is -1.63. The molecule has 0 saturated carbocycles. The molecule has 0 radical (unpaired) electrons. The van der Waals surface area contributed by atoms with Crippen LogP contribution in [-0.4, -0.2) is 53.8 Å². The molecule has 1 amide bonds. The SMILES string of the molecule is Cc1cccc(OC(C)C(=O)N2CCOC(C(=O)O)C2)c1. The zero-order valence-corrected chi connectivity index (χ0v) is 12.1. The van der Waals surface area contributed by atoms with Crippen molar-refractivity contribution in [2.24, 2.45) is 0 Å². The van der Waals surface area contributed by atoms with Gasteiger partial charge in [0.2, 0.25) is 0 Å². The monoisotopic (exact) mass is 293 g/mol. The van der Waals surface area contributed by atoms with Gasteiger partial charge in [-0.15, -0.1) is 0 Å². The molecule has 6 nitrogen and oxygen atoms in total. The van der Waals surface area contributed by atoms with Crippen molar-refractivity contribution < 1.29 is 24.2 Å². The fraction of sp³-hybridized carbons (Fsp3) is 0.467. The maximum atomic E-state index is 12.3. The number of aliphatic carboxylic acids is 1. The molecule has 1 saturated heterocycles. The first-order valence-corrected chi connectivity index (χ1v) is 6.84. The van der Waals surface area contributed by atoms with Crippen LogP contribution < -0.4 is 4.74 Å². The summed E-state index contributed by atoms with van der Waals surface area (Å²) >= 11 is 0. The van der Waals surface area contributed by atoms with E-state index in [4.69, 9.17) is 14.6 Å². The van der Waals surface area contributed by atoms with Crippen LogP contribution in [0.15, 0.2) is 24.3 Å². The highest BCUT2D eigenvalue weighted by Gasteiger charge is 2.31. The normalized spacial score (nSPS) is 19.9. The third-order valence-electron chi connectivity index (χ3n) is 3.30. The van der Waals surface area contributed by atoms with Gasteiger partial charge in [0, 0.05) is 6.54 Å². The summed E-state index contributed by atoms with van der Waals surface area (Å²) in [5.74, 6) is -0.662. The van der Waals surface area contributed by atoms with E-state index in [-0.39, 0.29) is 19.1 Å². The fourth-order valence-electron chi connectivity index (χ4n) is 2.20. The summed E-state index contributed by atoms with van der Waals surface area (Å²) in [6, 6.07) is 7.44. The van der Waals surface area contributed by atoms with Crippen molar-refractivity contribution >= 4 is 11.9 Å². The van der Waals surface area contributed by atoms with E-state index in [1.807, 2.05) is 25.1 Å². The quantitative estimate of drug-likeness (QED) is 0.899. The highest BCUT2D eigenvalue weighted by molar-refractivity contribution is 5.82. The number of aryl methyl sites for hydroxylation is 1. The summed E-state index contributed by atoms with van der Waals surface area (Å²) in [4.78, 5) is 24.7. The Morgan fingerprint density at radius 3 is 2.90 bits per heavy atom. The molecule has 0 bridgehead atoms. The lowest BCUT2D eigenvalue weighted by molar-refractivity contribution is -0.161. The number of hydrogen-bond acceptors (Lipinski definition) is 4. The lowest BCUT2D eigenvalue weighted by Crippen LogP contribution is -2.51. The summed E-state index contributed by atoms with van der Waals surface area (Å²) in [5.41, 5.74) is 1.05. The van der Waals surface area contributed by atoms with Crippen molar-refractivity contribution in [2.45, 2.75) is 26.1 Å². The Morgan fingerprint density at radius 2 is 2.24 bits per heavy atom. The van der Waals surface area contributed by atoms with Crippen LogP contribution in [0.1, 0.15) is 12.5 Å². The van der Waals surface area contributed by atoms with Crippen molar-refractivity contribution in [2.75, 3.05) is 19.7 Å². The molecule has 1 aliphatic heterocycles. The fourth-order valence-corrected chi connectivity index (χ4v) is 2.20. The summed E-state index contributed by atoms with van der Waals surface area (Å²) in [7, 11) is 0. The molecule has 0 aromatic heterocycles. The minimum atomic E-state index is -1.06. The number of benzene rings is 1. The highest BCUT2D eigenvalue weighted by atomic mass is 16.5. The van der Waals surface area contributed by atoms with Gasteiger partial charge in [-0.25, -0.2) is 4.79 Å². The average Bonchev–Trinajstić information content (AvgIpc) is 2.46. The van der Waals surface area contributed by atoms with Gasteiger partial charge in [0.25, 0.3) is 5.91 Å². The van der Waals surface area contributed by atoms with Gasteiger partial charge in [0.1, 0.15) is 5.75 Å². The number of hydrogen-bond donors (Lipinski definition) is 1. The molecule has 1 fully saturated rings. The largest absolute Gasteiger partial charge is 0.481 e. The number of amides is 1. The zero-order valence-electron chi connectivity index (χ0n) is 12.1. The Morgan fingerprint density at radius 1 is 1.48 bits per heavy atom. The third kappa shape index (κ3) is 3.95. The van der Waals surface area contributed by atoms with E-state index in [1.54, 1.807) is 13.0 Å². The second-order valence-corrected chi connectivity index (χ2v) is 5.06. The molecule has 2 unspecified atom stereocenters. The van der Waals surface area contributed by atoms with Crippen LogP contribution in [0.3, 0.4) is 0 Å².